The standard InChI is InChI=1S/C23H21N3O3S/c24-16-15-19-11-13-21(14-12-19)25-23(27)18-26(17-20-7-3-1-4-8-20)30(28,29)22-9-5-2-6-10-22/h1-14H,15,17-18H2,(H,25,27). The molecule has 3 rings (SSSR count). The van der Waals surface area contributed by atoms with Gasteiger partial charge in [-0.25, -0.2) is 8.42 Å². The van der Waals surface area contributed by atoms with Crippen LogP contribution in [-0.2, 0) is 27.8 Å². The zero-order valence-electron chi connectivity index (χ0n) is 16.2. The summed E-state index contributed by atoms with van der Waals surface area (Å²) in [5.74, 6) is -0.446. The van der Waals surface area contributed by atoms with Crippen molar-refractivity contribution < 1.29 is 13.2 Å². The molecule has 0 aromatic heterocycles. The maximum absolute atomic E-state index is 13.2. The summed E-state index contributed by atoms with van der Waals surface area (Å²) < 4.78 is 27.5. The summed E-state index contributed by atoms with van der Waals surface area (Å²) in [7, 11) is -3.86. The van der Waals surface area contributed by atoms with Gasteiger partial charge in [-0.2, -0.15) is 9.57 Å². The van der Waals surface area contributed by atoms with Crippen LogP contribution in [0.25, 0.3) is 0 Å². The summed E-state index contributed by atoms with van der Waals surface area (Å²) >= 11 is 0. The van der Waals surface area contributed by atoms with Gasteiger partial charge in [-0.15, -0.1) is 0 Å². The first kappa shape index (κ1) is 21.2. The van der Waals surface area contributed by atoms with Gasteiger partial charge in [0.15, 0.2) is 0 Å². The van der Waals surface area contributed by atoms with E-state index in [1.807, 2.05) is 30.3 Å². The number of hydrogen-bond acceptors (Lipinski definition) is 4. The lowest BCUT2D eigenvalue weighted by atomic mass is 10.1. The number of sulfonamides is 1. The van der Waals surface area contributed by atoms with Crippen LogP contribution >= 0.6 is 0 Å². The van der Waals surface area contributed by atoms with Crippen LogP contribution in [0.1, 0.15) is 11.1 Å². The van der Waals surface area contributed by atoms with Crippen molar-refractivity contribution in [1.82, 2.24) is 4.31 Å². The van der Waals surface area contributed by atoms with Crippen molar-refractivity contribution in [3.8, 4) is 6.07 Å². The number of carbonyl (C=O) groups is 1. The van der Waals surface area contributed by atoms with Gasteiger partial charge in [0.2, 0.25) is 15.9 Å². The highest BCUT2D eigenvalue weighted by Gasteiger charge is 2.26. The number of amides is 1. The number of carbonyl (C=O) groups excluding carboxylic acids is 1. The first-order valence-corrected chi connectivity index (χ1v) is 10.8. The van der Waals surface area contributed by atoms with E-state index in [0.717, 1.165) is 15.4 Å². The van der Waals surface area contributed by atoms with E-state index in [-0.39, 0.29) is 24.4 Å². The molecule has 0 fully saturated rings. The third-order valence-corrected chi connectivity index (χ3v) is 6.23. The predicted octanol–water partition coefficient (Wildman–Crippen LogP) is 3.58. The second-order valence-electron chi connectivity index (χ2n) is 6.65. The van der Waals surface area contributed by atoms with E-state index in [4.69, 9.17) is 5.26 Å². The Labute approximate surface area is 176 Å². The molecule has 3 aromatic carbocycles. The lowest BCUT2D eigenvalue weighted by molar-refractivity contribution is -0.116. The van der Waals surface area contributed by atoms with Crippen molar-refractivity contribution in [2.75, 3.05) is 11.9 Å². The van der Waals surface area contributed by atoms with E-state index in [0.29, 0.717) is 5.69 Å². The van der Waals surface area contributed by atoms with Crippen LogP contribution in [0.3, 0.4) is 0 Å². The van der Waals surface area contributed by atoms with Crippen LogP contribution in [0.15, 0.2) is 89.8 Å². The first-order valence-electron chi connectivity index (χ1n) is 9.34. The molecule has 0 heterocycles. The topological polar surface area (TPSA) is 90.3 Å². The van der Waals surface area contributed by atoms with Crippen LogP contribution in [-0.4, -0.2) is 25.2 Å². The van der Waals surface area contributed by atoms with E-state index in [9.17, 15) is 13.2 Å². The molecular formula is C23H21N3O3S. The minimum atomic E-state index is -3.86. The Balaban J connectivity index is 1.79. The molecule has 0 unspecified atom stereocenters. The molecule has 0 aliphatic rings. The number of rotatable bonds is 8. The van der Waals surface area contributed by atoms with Gasteiger partial charge in [-0.3, -0.25) is 4.79 Å². The summed E-state index contributed by atoms with van der Waals surface area (Å²) in [5.41, 5.74) is 2.16. The Hall–Kier alpha value is -3.47. The normalized spacial score (nSPS) is 11.1. The molecule has 1 amide bonds. The van der Waals surface area contributed by atoms with Gasteiger partial charge >= 0.3 is 0 Å². The Morgan fingerprint density at radius 2 is 1.47 bits per heavy atom. The van der Waals surface area contributed by atoms with Crippen molar-refractivity contribution in [3.05, 3.63) is 96.1 Å². The van der Waals surface area contributed by atoms with Gasteiger partial charge in [0.1, 0.15) is 0 Å². The van der Waals surface area contributed by atoms with Crippen LogP contribution in [0.2, 0.25) is 0 Å². The maximum Gasteiger partial charge on any atom is 0.243 e. The van der Waals surface area contributed by atoms with Crippen molar-refractivity contribution in [2.24, 2.45) is 0 Å². The fourth-order valence-corrected chi connectivity index (χ4v) is 4.32. The van der Waals surface area contributed by atoms with E-state index in [1.54, 1.807) is 42.5 Å². The molecule has 0 saturated carbocycles. The minimum Gasteiger partial charge on any atom is -0.325 e. The Morgan fingerprint density at radius 3 is 2.07 bits per heavy atom. The van der Waals surface area contributed by atoms with Crippen molar-refractivity contribution in [2.45, 2.75) is 17.9 Å². The minimum absolute atomic E-state index is 0.0760. The Kier molecular flexibility index (Phi) is 6.96. The van der Waals surface area contributed by atoms with Gasteiger partial charge < -0.3 is 5.32 Å². The summed E-state index contributed by atoms with van der Waals surface area (Å²) in [5, 5.41) is 11.5. The zero-order chi connectivity index (χ0) is 21.4. The zero-order valence-corrected chi connectivity index (χ0v) is 17.0. The molecule has 0 aliphatic carbocycles. The quantitative estimate of drug-likeness (QED) is 0.604. The van der Waals surface area contributed by atoms with Crippen LogP contribution in [0.4, 0.5) is 5.69 Å². The molecule has 0 spiro atoms. The van der Waals surface area contributed by atoms with Crippen molar-refractivity contribution in [1.29, 1.82) is 5.26 Å². The van der Waals surface area contributed by atoms with Gasteiger partial charge in [0, 0.05) is 12.2 Å². The van der Waals surface area contributed by atoms with Crippen molar-refractivity contribution >= 4 is 21.6 Å². The Bertz CT molecular complexity index is 1120. The summed E-state index contributed by atoms with van der Waals surface area (Å²) in [6, 6.07) is 26.2. The lowest BCUT2D eigenvalue weighted by Crippen LogP contribution is -2.37. The summed E-state index contributed by atoms with van der Waals surface area (Å²) in [4.78, 5) is 12.8. The molecule has 7 heteroatoms. The first-order chi connectivity index (χ1) is 14.5. The second kappa shape index (κ2) is 9.83. The Morgan fingerprint density at radius 1 is 0.867 bits per heavy atom. The molecule has 6 nitrogen and oxygen atoms in total. The summed E-state index contributed by atoms with van der Waals surface area (Å²) in [6.45, 7) is -0.251. The molecule has 3 aromatic rings. The van der Waals surface area contributed by atoms with E-state index in [2.05, 4.69) is 11.4 Å². The molecule has 0 radical (unpaired) electrons. The fraction of sp³-hybridized carbons (Fsp3) is 0.130. The second-order valence-corrected chi connectivity index (χ2v) is 8.59. The lowest BCUT2D eigenvalue weighted by Gasteiger charge is -2.22. The van der Waals surface area contributed by atoms with Gasteiger partial charge in [-0.05, 0) is 35.4 Å². The van der Waals surface area contributed by atoms with Crippen LogP contribution in [0, 0.1) is 11.3 Å². The largest absolute Gasteiger partial charge is 0.325 e. The number of nitrogens with zero attached hydrogens (tertiary/aromatic N) is 2. The van der Waals surface area contributed by atoms with E-state index in [1.165, 1.54) is 12.1 Å². The van der Waals surface area contributed by atoms with E-state index < -0.39 is 15.9 Å². The highest BCUT2D eigenvalue weighted by molar-refractivity contribution is 7.89. The maximum atomic E-state index is 13.2. The van der Waals surface area contributed by atoms with Gasteiger partial charge in [0.05, 0.1) is 23.9 Å². The van der Waals surface area contributed by atoms with Crippen molar-refractivity contribution in [3.63, 3.8) is 0 Å². The third-order valence-electron chi connectivity index (χ3n) is 4.42. The number of anilines is 1. The average molecular weight is 420 g/mol. The molecule has 1 N–H and O–H groups in total. The number of nitriles is 1. The number of hydrogen-bond donors (Lipinski definition) is 1. The highest BCUT2D eigenvalue weighted by Crippen LogP contribution is 2.19. The molecule has 0 aliphatic heterocycles. The summed E-state index contributed by atoms with van der Waals surface area (Å²) in [6.07, 6.45) is 0.286. The smallest absolute Gasteiger partial charge is 0.243 e. The monoisotopic (exact) mass is 419 g/mol. The highest BCUT2D eigenvalue weighted by atomic mass is 32.2. The molecule has 152 valence electrons. The predicted molar refractivity (Wildman–Crippen MR) is 115 cm³/mol. The van der Waals surface area contributed by atoms with Gasteiger partial charge in [-0.1, -0.05) is 60.7 Å². The van der Waals surface area contributed by atoms with Crippen LogP contribution in [0.5, 0.6) is 0 Å². The third kappa shape index (κ3) is 5.54. The molecule has 0 bridgehead atoms. The van der Waals surface area contributed by atoms with E-state index >= 15 is 0 Å². The molecule has 30 heavy (non-hydrogen) atoms. The van der Waals surface area contributed by atoms with Gasteiger partial charge in [0.25, 0.3) is 0 Å². The SMILES string of the molecule is N#CCc1ccc(NC(=O)CN(Cc2ccccc2)S(=O)(=O)c2ccccc2)cc1. The molecular weight excluding hydrogens is 398 g/mol. The average Bonchev–Trinajstić information content (AvgIpc) is 2.76. The number of nitrogens with one attached hydrogen (secondary N) is 1. The molecule has 0 atom stereocenters. The van der Waals surface area contributed by atoms with Crippen LogP contribution < -0.4 is 5.32 Å². The fourth-order valence-electron chi connectivity index (χ4n) is 2.91. The number of benzene rings is 3. The molecule has 0 saturated heterocycles.